The molecule has 214 valence electrons. The van der Waals surface area contributed by atoms with Gasteiger partial charge in [-0.3, -0.25) is 9.59 Å². The average molecular weight is 555 g/mol. The van der Waals surface area contributed by atoms with Gasteiger partial charge in [0, 0.05) is 30.1 Å². The van der Waals surface area contributed by atoms with Gasteiger partial charge in [-0.1, -0.05) is 25.0 Å². The van der Waals surface area contributed by atoms with Crippen LogP contribution in [0, 0.1) is 11.7 Å². The van der Waals surface area contributed by atoms with E-state index in [1.807, 2.05) is 0 Å². The molecule has 4 N–H and O–H groups in total. The molecule has 0 spiro atoms. The van der Waals surface area contributed by atoms with Crippen molar-refractivity contribution in [1.82, 2.24) is 10.2 Å². The largest absolute Gasteiger partial charge is 0.493 e. The number of aliphatic hydroxyl groups excluding tert-OH is 3. The molecule has 40 heavy (non-hydrogen) atoms. The van der Waals surface area contributed by atoms with Crippen molar-refractivity contribution < 1.29 is 38.8 Å². The van der Waals surface area contributed by atoms with Crippen LogP contribution in [-0.4, -0.2) is 70.5 Å². The van der Waals surface area contributed by atoms with E-state index in [1.54, 1.807) is 35.2 Å². The van der Waals surface area contributed by atoms with Crippen molar-refractivity contribution in [2.75, 3.05) is 20.3 Å². The Kier molecular flexibility index (Phi) is 8.39. The maximum absolute atomic E-state index is 13.9. The summed E-state index contributed by atoms with van der Waals surface area (Å²) < 4.78 is 25.4. The first-order valence-electron chi connectivity index (χ1n) is 13.7. The lowest BCUT2D eigenvalue weighted by molar-refractivity contribution is -0.142. The Morgan fingerprint density at radius 1 is 1.12 bits per heavy atom. The van der Waals surface area contributed by atoms with Gasteiger partial charge < -0.3 is 35.0 Å². The lowest BCUT2D eigenvalue weighted by atomic mass is 9.77. The molecule has 1 saturated carbocycles. The summed E-state index contributed by atoms with van der Waals surface area (Å²) in [5, 5.41) is 33.6. The predicted molar refractivity (Wildman–Crippen MR) is 143 cm³/mol. The third-order valence-electron chi connectivity index (χ3n) is 8.11. The van der Waals surface area contributed by atoms with E-state index in [0.29, 0.717) is 28.2 Å². The molecule has 1 fully saturated rings. The average Bonchev–Trinajstić information content (AvgIpc) is 3.64. The van der Waals surface area contributed by atoms with Gasteiger partial charge in [0.2, 0.25) is 11.8 Å². The van der Waals surface area contributed by atoms with Gasteiger partial charge in [-0.25, -0.2) is 4.39 Å². The molecular formula is C30H35FN2O7. The molecule has 9 nitrogen and oxygen atoms in total. The van der Waals surface area contributed by atoms with E-state index in [1.165, 1.54) is 19.2 Å². The summed E-state index contributed by atoms with van der Waals surface area (Å²) in [6.45, 7) is -0.384. The Labute approximate surface area is 232 Å². The molecule has 2 aromatic rings. The van der Waals surface area contributed by atoms with Gasteiger partial charge in [0.25, 0.3) is 0 Å². The van der Waals surface area contributed by atoms with Crippen molar-refractivity contribution in [2.24, 2.45) is 5.92 Å². The highest BCUT2D eigenvalue weighted by molar-refractivity contribution is 5.96. The molecule has 0 aromatic heterocycles. The highest BCUT2D eigenvalue weighted by Gasteiger charge is 2.52. The van der Waals surface area contributed by atoms with E-state index in [4.69, 9.17) is 9.47 Å². The first-order valence-corrected chi connectivity index (χ1v) is 13.7. The van der Waals surface area contributed by atoms with E-state index in [2.05, 4.69) is 5.32 Å². The first-order chi connectivity index (χ1) is 19.4. The lowest BCUT2D eigenvalue weighted by Gasteiger charge is -2.41. The number of nitrogens with one attached hydrogen (secondary N) is 1. The smallest absolute Gasteiger partial charge is 0.247 e. The van der Waals surface area contributed by atoms with Gasteiger partial charge in [0.05, 0.1) is 32.3 Å². The summed E-state index contributed by atoms with van der Waals surface area (Å²) in [5.41, 5.74) is 2.11. The van der Waals surface area contributed by atoms with Gasteiger partial charge in [0.15, 0.2) is 11.5 Å². The van der Waals surface area contributed by atoms with E-state index < -0.39 is 35.9 Å². The molecule has 1 heterocycles. The van der Waals surface area contributed by atoms with Gasteiger partial charge in [-0.05, 0) is 54.3 Å². The first kappa shape index (κ1) is 28.1. The van der Waals surface area contributed by atoms with Crippen LogP contribution in [0.2, 0.25) is 0 Å². The summed E-state index contributed by atoms with van der Waals surface area (Å²) in [7, 11) is 1.47. The molecule has 2 amide bonds. The van der Waals surface area contributed by atoms with Crippen LogP contribution in [0.25, 0.3) is 0 Å². The molecule has 10 heteroatoms. The Balaban J connectivity index is 1.59. The van der Waals surface area contributed by atoms with Crippen molar-refractivity contribution in [2.45, 2.75) is 63.0 Å². The molecule has 0 bridgehead atoms. The minimum absolute atomic E-state index is 0.0226. The second kappa shape index (κ2) is 12.0. The van der Waals surface area contributed by atoms with Crippen LogP contribution in [0.4, 0.5) is 4.39 Å². The van der Waals surface area contributed by atoms with Crippen LogP contribution < -0.4 is 14.8 Å². The van der Waals surface area contributed by atoms with Crippen LogP contribution in [0.15, 0.2) is 48.0 Å². The summed E-state index contributed by atoms with van der Waals surface area (Å²) >= 11 is 0. The maximum Gasteiger partial charge on any atom is 0.247 e. The number of nitrogens with zero attached hydrogens (tertiary/aromatic N) is 1. The third kappa shape index (κ3) is 5.31. The lowest BCUT2D eigenvalue weighted by Crippen LogP contribution is -2.56. The fourth-order valence-electron chi connectivity index (χ4n) is 6.14. The second-order valence-corrected chi connectivity index (χ2v) is 10.6. The van der Waals surface area contributed by atoms with Gasteiger partial charge in [0.1, 0.15) is 18.0 Å². The molecule has 4 atom stereocenters. The number of hydrogen-bond donors (Lipinski definition) is 4. The third-order valence-corrected chi connectivity index (χ3v) is 8.11. The number of carbonyl (C=O) groups excluding carboxylic acids is 2. The summed E-state index contributed by atoms with van der Waals surface area (Å²) in [4.78, 5) is 28.9. The molecule has 5 rings (SSSR count). The van der Waals surface area contributed by atoms with Gasteiger partial charge in [-0.2, -0.15) is 0 Å². The molecule has 0 radical (unpaired) electrons. The number of rotatable bonds is 9. The van der Waals surface area contributed by atoms with Gasteiger partial charge in [-0.15, -0.1) is 0 Å². The number of aliphatic hydroxyl groups is 3. The summed E-state index contributed by atoms with van der Waals surface area (Å²) in [6, 6.07) is 8.31. The maximum atomic E-state index is 13.9. The van der Waals surface area contributed by atoms with Crippen molar-refractivity contribution in [3.8, 4) is 11.5 Å². The van der Waals surface area contributed by atoms with Gasteiger partial charge >= 0.3 is 0 Å². The number of methoxy groups -OCH3 is 1. The molecule has 3 aliphatic rings. The van der Waals surface area contributed by atoms with Crippen LogP contribution in [0.5, 0.6) is 11.5 Å². The summed E-state index contributed by atoms with van der Waals surface area (Å²) in [5.74, 6) is -1.17. The number of fused-ring (bicyclic) bond motifs is 3. The minimum Gasteiger partial charge on any atom is -0.493 e. The Bertz CT molecular complexity index is 1280. The number of halogens is 1. The monoisotopic (exact) mass is 554 g/mol. The molecule has 2 aliphatic carbocycles. The molecule has 1 aliphatic heterocycles. The van der Waals surface area contributed by atoms with E-state index in [0.717, 1.165) is 25.7 Å². The standard InChI is InChI=1S/C30H35FN2O7/c1-39-24-13-18(16-35)12-21-25-22(29(37)32-10-11-34)14-23(26(36)28(25)40-27(21)24)33(30(38)19-4-2-3-5-19)15-17-6-8-20(31)9-7-17/h6-9,12-14,19,23,25-26,28,34-36H,2-5,10-11,15-16H2,1H3,(H,32,37). The molecular weight excluding hydrogens is 519 g/mol. The second-order valence-electron chi connectivity index (χ2n) is 10.6. The van der Waals surface area contributed by atoms with Crippen LogP contribution in [0.3, 0.4) is 0 Å². The predicted octanol–water partition coefficient (Wildman–Crippen LogP) is 2.17. The number of hydrogen-bond acceptors (Lipinski definition) is 7. The zero-order chi connectivity index (χ0) is 28.4. The fourth-order valence-corrected chi connectivity index (χ4v) is 6.14. The van der Waals surface area contributed by atoms with E-state index in [-0.39, 0.29) is 43.7 Å². The molecule has 0 saturated heterocycles. The Morgan fingerprint density at radius 3 is 2.50 bits per heavy atom. The van der Waals surface area contributed by atoms with Crippen LogP contribution in [0.1, 0.15) is 48.3 Å². The molecule has 2 aromatic carbocycles. The number of amides is 2. The highest BCUT2D eigenvalue weighted by atomic mass is 19.1. The summed E-state index contributed by atoms with van der Waals surface area (Å²) in [6.07, 6.45) is 2.85. The Hall–Kier alpha value is -3.47. The normalized spacial score (nSPS) is 23.6. The van der Waals surface area contributed by atoms with Crippen LogP contribution >= 0.6 is 0 Å². The van der Waals surface area contributed by atoms with E-state index >= 15 is 0 Å². The fraction of sp³-hybridized carbons (Fsp3) is 0.467. The SMILES string of the molecule is COc1cc(CO)cc2c1OC1C2C(C(=O)NCCO)=CC(N(Cc2ccc(F)cc2)C(=O)C2CCCC2)C1O. The number of carbonyl (C=O) groups is 2. The highest BCUT2D eigenvalue weighted by Crippen LogP contribution is 2.51. The Morgan fingerprint density at radius 2 is 1.85 bits per heavy atom. The minimum atomic E-state index is -1.21. The van der Waals surface area contributed by atoms with E-state index in [9.17, 15) is 29.3 Å². The van der Waals surface area contributed by atoms with Crippen molar-refractivity contribution in [3.05, 3.63) is 70.6 Å². The zero-order valence-corrected chi connectivity index (χ0v) is 22.4. The van der Waals surface area contributed by atoms with Crippen molar-refractivity contribution >= 4 is 11.8 Å². The topological polar surface area (TPSA) is 129 Å². The number of ether oxygens (including phenoxy) is 2. The van der Waals surface area contributed by atoms with Crippen molar-refractivity contribution in [3.63, 3.8) is 0 Å². The van der Waals surface area contributed by atoms with Crippen LogP contribution in [-0.2, 0) is 22.7 Å². The quantitative estimate of drug-likeness (QED) is 0.374. The zero-order valence-electron chi connectivity index (χ0n) is 22.4. The number of benzene rings is 2. The molecule has 4 unspecified atom stereocenters. The van der Waals surface area contributed by atoms with Crippen molar-refractivity contribution in [1.29, 1.82) is 0 Å².